The lowest BCUT2D eigenvalue weighted by atomic mass is 9.89. The lowest BCUT2D eigenvalue weighted by molar-refractivity contribution is 0.351. The van der Waals surface area contributed by atoms with Crippen LogP contribution in [-0.4, -0.2) is 0 Å². The summed E-state index contributed by atoms with van der Waals surface area (Å²) in [6.45, 7) is 9.68. The number of hydrogen-bond donors (Lipinski definition) is 0. The topological polar surface area (TPSA) is 0 Å². The molecule has 0 aromatic heterocycles. The molecule has 1 aliphatic carbocycles. The van der Waals surface area contributed by atoms with Crippen molar-refractivity contribution < 1.29 is 0 Å². The Hall–Kier alpha value is 0. The van der Waals surface area contributed by atoms with Gasteiger partial charge in [-0.15, -0.1) is 0 Å². The van der Waals surface area contributed by atoms with Gasteiger partial charge in [-0.1, -0.05) is 175 Å². The maximum absolute atomic E-state index is 2.50. The zero-order chi connectivity index (χ0) is 23.3. The summed E-state index contributed by atoms with van der Waals surface area (Å²) in [6, 6.07) is 0. The molecule has 0 saturated heterocycles. The van der Waals surface area contributed by atoms with Gasteiger partial charge < -0.3 is 0 Å². The molecule has 1 saturated carbocycles. The summed E-state index contributed by atoms with van der Waals surface area (Å²) in [7, 11) is 0. The van der Waals surface area contributed by atoms with Crippen LogP contribution in [0, 0.1) is 17.3 Å². The Morgan fingerprint density at radius 3 is 0.875 bits per heavy atom. The van der Waals surface area contributed by atoms with Gasteiger partial charge in [-0.05, 0) is 30.1 Å². The maximum Gasteiger partial charge on any atom is -0.0241 e. The average molecular weight is 449 g/mol. The number of rotatable bonds is 25. The molecule has 0 radical (unpaired) electrons. The highest BCUT2D eigenvalue weighted by atomic mass is 14.6. The molecule has 192 valence electrons. The summed E-state index contributed by atoms with van der Waals surface area (Å²) in [6.07, 6.45) is 37.0. The highest BCUT2D eigenvalue weighted by Crippen LogP contribution is 2.64. The summed E-state index contributed by atoms with van der Waals surface area (Å²) in [4.78, 5) is 0. The van der Waals surface area contributed by atoms with Crippen LogP contribution in [0.4, 0.5) is 0 Å². The van der Waals surface area contributed by atoms with Crippen LogP contribution in [0.3, 0.4) is 0 Å². The molecule has 1 rings (SSSR count). The maximum atomic E-state index is 2.50. The Kier molecular flexibility index (Phi) is 19.1. The Balaban J connectivity index is 1.70. The van der Waals surface area contributed by atoms with Crippen molar-refractivity contribution in [3.63, 3.8) is 0 Å². The van der Waals surface area contributed by atoms with Gasteiger partial charge in [0.05, 0.1) is 0 Å². The molecule has 0 amide bonds. The molecule has 0 N–H and O–H groups in total. The number of unbranched alkanes of at least 4 members (excludes halogenated alkanes) is 21. The summed E-state index contributed by atoms with van der Waals surface area (Å²) in [5.41, 5.74) is 0.752. The van der Waals surface area contributed by atoms with Crippen LogP contribution in [-0.2, 0) is 0 Å². The van der Waals surface area contributed by atoms with E-state index in [9.17, 15) is 0 Å². The third-order valence-corrected chi connectivity index (χ3v) is 9.17. The second kappa shape index (κ2) is 20.4. The van der Waals surface area contributed by atoms with Crippen LogP contribution in [0.15, 0.2) is 0 Å². The Morgan fingerprint density at radius 2 is 0.625 bits per heavy atom. The second-order valence-electron chi connectivity index (χ2n) is 11.7. The van der Waals surface area contributed by atoms with E-state index in [2.05, 4.69) is 27.7 Å². The monoisotopic (exact) mass is 449 g/mol. The van der Waals surface area contributed by atoms with Crippen molar-refractivity contribution in [1.82, 2.24) is 0 Å². The smallest absolute Gasteiger partial charge is 0.0241 e. The summed E-state index contributed by atoms with van der Waals surface area (Å²) in [5.74, 6) is 2.00. The predicted octanol–water partition coefficient (Wildman–Crippen LogP) is 12.1. The third kappa shape index (κ3) is 13.6. The zero-order valence-electron chi connectivity index (χ0n) is 23.3. The molecular weight excluding hydrogens is 384 g/mol. The minimum Gasteiger partial charge on any atom is -0.0654 e. The molecule has 0 heteroatoms. The quantitative estimate of drug-likeness (QED) is 0.122. The molecule has 0 nitrogen and oxygen atoms in total. The van der Waals surface area contributed by atoms with Crippen molar-refractivity contribution in [3.8, 4) is 0 Å². The van der Waals surface area contributed by atoms with E-state index in [-0.39, 0.29) is 0 Å². The van der Waals surface area contributed by atoms with E-state index < -0.39 is 0 Å². The van der Waals surface area contributed by atoms with Crippen LogP contribution >= 0.6 is 0 Å². The molecule has 0 aliphatic heterocycles. The first-order chi connectivity index (χ1) is 15.7. The van der Waals surface area contributed by atoms with Gasteiger partial charge >= 0.3 is 0 Å². The van der Waals surface area contributed by atoms with Crippen molar-refractivity contribution in [2.45, 2.75) is 188 Å². The first kappa shape index (κ1) is 30.0. The molecule has 0 heterocycles. The van der Waals surface area contributed by atoms with Crippen molar-refractivity contribution in [2.75, 3.05) is 0 Å². The minimum absolute atomic E-state index is 0.752. The van der Waals surface area contributed by atoms with E-state index in [0.29, 0.717) is 0 Å². The molecule has 0 aromatic carbocycles. The van der Waals surface area contributed by atoms with Gasteiger partial charge in [-0.3, -0.25) is 0 Å². The van der Waals surface area contributed by atoms with Crippen LogP contribution in [0.25, 0.3) is 0 Å². The molecule has 2 unspecified atom stereocenters. The van der Waals surface area contributed by atoms with Gasteiger partial charge in [0, 0.05) is 0 Å². The highest BCUT2D eigenvalue weighted by Gasteiger charge is 2.56. The highest BCUT2D eigenvalue weighted by molar-refractivity contribution is 5.05. The fraction of sp³-hybridized carbons (Fsp3) is 1.00. The van der Waals surface area contributed by atoms with Crippen LogP contribution in [0.5, 0.6) is 0 Å². The number of hydrogen-bond acceptors (Lipinski definition) is 0. The lowest BCUT2D eigenvalue weighted by Crippen LogP contribution is -2.04. The van der Waals surface area contributed by atoms with Crippen LogP contribution in [0.2, 0.25) is 0 Å². The normalized spacial score (nSPS) is 22.5. The van der Waals surface area contributed by atoms with Gasteiger partial charge in [-0.25, -0.2) is 0 Å². The van der Waals surface area contributed by atoms with E-state index >= 15 is 0 Å². The minimum atomic E-state index is 0.752. The van der Waals surface area contributed by atoms with E-state index in [1.165, 1.54) is 161 Å². The van der Waals surface area contributed by atoms with Crippen molar-refractivity contribution in [2.24, 2.45) is 17.3 Å². The first-order valence-electron chi connectivity index (χ1n) is 15.7. The molecule has 1 fully saturated rings. The molecular formula is C32H64. The third-order valence-electron chi connectivity index (χ3n) is 9.17. The van der Waals surface area contributed by atoms with Crippen LogP contribution < -0.4 is 0 Å². The van der Waals surface area contributed by atoms with E-state index in [1.807, 2.05) is 0 Å². The van der Waals surface area contributed by atoms with E-state index in [0.717, 1.165) is 17.3 Å². The molecule has 1 aliphatic rings. The van der Waals surface area contributed by atoms with E-state index in [1.54, 1.807) is 0 Å². The summed E-state index contributed by atoms with van der Waals surface area (Å²) < 4.78 is 0. The Labute approximate surface area is 205 Å². The largest absolute Gasteiger partial charge is 0.0654 e. The SMILES string of the molecule is CCCCCCCCCCCCCCCCCCCCCCCCC1(CCC)C(C)C1C. The first-order valence-corrected chi connectivity index (χ1v) is 15.7. The van der Waals surface area contributed by atoms with Gasteiger partial charge in [0.2, 0.25) is 0 Å². The van der Waals surface area contributed by atoms with Gasteiger partial charge in [0.15, 0.2) is 0 Å². The fourth-order valence-electron chi connectivity index (χ4n) is 6.51. The Morgan fingerprint density at radius 1 is 0.344 bits per heavy atom. The van der Waals surface area contributed by atoms with Gasteiger partial charge in [-0.2, -0.15) is 0 Å². The zero-order valence-corrected chi connectivity index (χ0v) is 23.3. The lowest BCUT2D eigenvalue weighted by Gasteiger charge is -2.16. The molecule has 0 aromatic rings. The predicted molar refractivity (Wildman–Crippen MR) is 148 cm³/mol. The molecule has 2 atom stereocenters. The van der Waals surface area contributed by atoms with Crippen LogP contribution in [0.1, 0.15) is 188 Å². The summed E-state index contributed by atoms with van der Waals surface area (Å²) >= 11 is 0. The standard InChI is InChI=1S/C32H64/c1-5-7-8-9-10-11-12-13-14-15-16-17-18-19-20-21-22-23-24-25-26-27-29-32(28-6-2)30(3)31(32)4/h30-31H,5-29H2,1-4H3. The Bertz CT molecular complexity index is 375. The molecule has 0 spiro atoms. The van der Waals surface area contributed by atoms with Gasteiger partial charge in [0.25, 0.3) is 0 Å². The summed E-state index contributed by atoms with van der Waals surface area (Å²) in [5, 5.41) is 0. The fourth-order valence-corrected chi connectivity index (χ4v) is 6.51. The van der Waals surface area contributed by atoms with Gasteiger partial charge in [0.1, 0.15) is 0 Å². The van der Waals surface area contributed by atoms with Crippen molar-refractivity contribution in [1.29, 1.82) is 0 Å². The molecule has 32 heavy (non-hydrogen) atoms. The van der Waals surface area contributed by atoms with E-state index in [4.69, 9.17) is 0 Å². The van der Waals surface area contributed by atoms with Crippen molar-refractivity contribution in [3.05, 3.63) is 0 Å². The average Bonchev–Trinajstić information content (AvgIpc) is 3.30. The van der Waals surface area contributed by atoms with Crippen molar-refractivity contribution >= 4 is 0 Å². The molecule has 0 bridgehead atoms. The second-order valence-corrected chi connectivity index (χ2v) is 11.7.